The monoisotopic (exact) mass is 241 g/mol. The highest BCUT2D eigenvalue weighted by atomic mass is 32.2. The highest BCUT2D eigenvalue weighted by molar-refractivity contribution is 7.89. The van der Waals surface area contributed by atoms with Crippen molar-refractivity contribution in [2.24, 2.45) is 5.73 Å². The van der Waals surface area contributed by atoms with Crippen molar-refractivity contribution in [1.29, 1.82) is 5.41 Å². The first kappa shape index (κ1) is 12.7. The fourth-order valence-electron chi connectivity index (χ4n) is 1.14. The van der Waals surface area contributed by atoms with Crippen LogP contribution < -0.4 is 10.5 Å². The number of hydrogen-bond donors (Lipinski definition) is 3. The summed E-state index contributed by atoms with van der Waals surface area (Å²) in [6, 6.07) is 4.88. The number of amidine groups is 1. The van der Waals surface area contributed by atoms with Gasteiger partial charge in [0, 0.05) is 0 Å². The molecule has 1 aromatic carbocycles. The molecule has 0 aliphatic heterocycles. The van der Waals surface area contributed by atoms with E-state index in [-0.39, 0.29) is 17.3 Å². The highest BCUT2D eigenvalue weighted by Crippen LogP contribution is 2.14. The molecule has 0 fully saturated rings. The zero-order valence-corrected chi connectivity index (χ0v) is 10.1. The Hall–Kier alpha value is -1.40. The largest absolute Gasteiger partial charge is 0.387 e. The standard InChI is InChI=1S/C10H15N3O2S/c1-7-3-4-9(5-8(7)2)16(14,15)13-6-10(11)12/h3-5,13H,6H2,1-2H3,(H3,11,12). The third kappa shape index (κ3) is 3.04. The van der Waals surface area contributed by atoms with Crippen molar-refractivity contribution in [3.8, 4) is 0 Å². The van der Waals surface area contributed by atoms with Gasteiger partial charge in [-0.2, -0.15) is 0 Å². The van der Waals surface area contributed by atoms with E-state index in [1.165, 1.54) is 6.07 Å². The van der Waals surface area contributed by atoms with Gasteiger partial charge in [0.15, 0.2) is 0 Å². The Kier molecular flexibility index (Phi) is 3.66. The Labute approximate surface area is 95.2 Å². The molecule has 0 heterocycles. The Morgan fingerprint density at radius 2 is 2.00 bits per heavy atom. The van der Waals surface area contributed by atoms with Crippen LogP contribution in [0.5, 0.6) is 0 Å². The molecule has 0 saturated carbocycles. The van der Waals surface area contributed by atoms with Crippen molar-refractivity contribution >= 4 is 15.9 Å². The molecule has 6 heteroatoms. The third-order valence-corrected chi connectivity index (χ3v) is 3.64. The molecule has 5 nitrogen and oxygen atoms in total. The Balaban J connectivity index is 2.99. The summed E-state index contributed by atoms with van der Waals surface area (Å²) < 4.78 is 25.7. The van der Waals surface area contributed by atoms with Gasteiger partial charge in [-0.3, -0.25) is 5.41 Å². The van der Waals surface area contributed by atoms with Crippen LogP contribution >= 0.6 is 0 Å². The summed E-state index contributed by atoms with van der Waals surface area (Å²) in [5.74, 6) is -0.215. The van der Waals surface area contributed by atoms with Crippen molar-refractivity contribution in [2.45, 2.75) is 18.7 Å². The van der Waals surface area contributed by atoms with Crippen LogP contribution in [-0.4, -0.2) is 20.8 Å². The van der Waals surface area contributed by atoms with Gasteiger partial charge in [-0.25, -0.2) is 13.1 Å². The topological polar surface area (TPSA) is 96.0 Å². The van der Waals surface area contributed by atoms with E-state index in [9.17, 15) is 8.42 Å². The molecule has 0 aliphatic rings. The van der Waals surface area contributed by atoms with Crippen LogP contribution in [0.1, 0.15) is 11.1 Å². The van der Waals surface area contributed by atoms with Gasteiger partial charge in [0.25, 0.3) is 0 Å². The molecule has 0 bridgehead atoms. The first-order valence-corrected chi connectivity index (χ1v) is 6.21. The molecular weight excluding hydrogens is 226 g/mol. The van der Waals surface area contributed by atoms with Gasteiger partial charge in [-0.15, -0.1) is 0 Å². The second kappa shape index (κ2) is 4.63. The number of sulfonamides is 1. The van der Waals surface area contributed by atoms with Gasteiger partial charge >= 0.3 is 0 Å². The molecule has 0 atom stereocenters. The van der Waals surface area contributed by atoms with Crippen molar-refractivity contribution in [2.75, 3.05) is 6.54 Å². The van der Waals surface area contributed by atoms with E-state index in [0.717, 1.165) is 11.1 Å². The van der Waals surface area contributed by atoms with E-state index in [2.05, 4.69) is 4.72 Å². The number of nitrogens with two attached hydrogens (primary N) is 1. The molecule has 0 spiro atoms. The van der Waals surface area contributed by atoms with E-state index >= 15 is 0 Å². The molecule has 0 unspecified atom stereocenters. The van der Waals surface area contributed by atoms with E-state index in [4.69, 9.17) is 11.1 Å². The average molecular weight is 241 g/mol. The SMILES string of the molecule is Cc1ccc(S(=O)(=O)NCC(=N)N)cc1C. The fourth-order valence-corrected chi connectivity index (χ4v) is 2.23. The maximum absolute atomic E-state index is 11.7. The molecule has 16 heavy (non-hydrogen) atoms. The molecule has 0 aromatic heterocycles. The summed E-state index contributed by atoms with van der Waals surface area (Å²) in [4.78, 5) is 0.192. The van der Waals surface area contributed by atoms with Crippen LogP contribution in [0.25, 0.3) is 0 Å². The normalized spacial score (nSPS) is 11.4. The molecule has 0 amide bonds. The smallest absolute Gasteiger partial charge is 0.240 e. The third-order valence-electron chi connectivity index (χ3n) is 2.24. The van der Waals surface area contributed by atoms with Crippen LogP contribution in [-0.2, 0) is 10.0 Å². The molecule has 1 rings (SSSR count). The number of nitrogens with one attached hydrogen (secondary N) is 2. The minimum Gasteiger partial charge on any atom is -0.387 e. The van der Waals surface area contributed by atoms with Gasteiger partial charge in [0.1, 0.15) is 5.84 Å². The van der Waals surface area contributed by atoms with Crippen LogP contribution in [0, 0.1) is 19.3 Å². The first-order chi connectivity index (χ1) is 7.33. The lowest BCUT2D eigenvalue weighted by Crippen LogP contribution is -2.32. The molecular formula is C10H15N3O2S. The van der Waals surface area contributed by atoms with Crippen LogP contribution in [0.15, 0.2) is 23.1 Å². The number of aryl methyl sites for hydroxylation is 2. The van der Waals surface area contributed by atoms with Gasteiger partial charge in [0.05, 0.1) is 11.4 Å². The highest BCUT2D eigenvalue weighted by Gasteiger charge is 2.14. The Bertz CT molecular complexity index is 509. The summed E-state index contributed by atoms with van der Waals surface area (Å²) in [5, 5.41) is 6.96. The predicted molar refractivity (Wildman–Crippen MR) is 63.0 cm³/mol. The van der Waals surface area contributed by atoms with Crippen molar-refractivity contribution < 1.29 is 8.42 Å². The van der Waals surface area contributed by atoms with E-state index < -0.39 is 10.0 Å². The van der Waals surface area contributed by atoms with Gasteiger partial charge < -0.3 is 5.73 Å². The van der Waals surface area contributed by atoms with E-state index in [0.29, 0.717) is 0 Å². The quantitative estimate of drug-likeness (QED) is 0.529. The van der Waals surface area contributed by atoms with Crippen molar-refractivity contribution in [3.63, 3.8) is 0 Å². The summed E-state index contributed by atoms with van der Waals surface area (Å²) in [6.07, 6.45) is 0. The summed E-state index contributed by atoms with van der Waals surface area (Å²) >= 11 is 0. The Morgan fingerprint density at radius 3 is 2.50 bits per heavy atom. The first-order valence-electron chi connectivity index (χ1n) is 4.73. The second-order valence-electron chi connectivity index (χ2n) is 3.60. The lowest BCUT2D eigenvalue weighted by atomic mass is 10.1. The summed E-state index contributed by atoms with van der Waals surface area (Å²) in [6.45, 7) is 3.59. The molecule has 88 valence electrons. The Morgan fingerprint density at radius 1 is 1.38 bits per heavy atom. The molecule has 0 saturated heterocycles. The minimum atomic E-state index is -3.57. The van der Waals surface area contributed by atoms with Crippen molar-refractivity contribution in [3.05, 3.63) is 29.3 Å². The maximum Gasteiger partial charge on any atom is 0.240 e. The maximum atomic E-state index is 11.7. The second-order valence-corrected chi connectivity index (χ2v) is 5.36. The van der Waals surface area contributed by atoms with Crippen LogP contribution in [0.2, 0.25) is 0 Å². The molecule has 1 aromatic rings. The number of rotatable bonds is 4. The van der Waals surface area contributed by atoms with Gasteiger partial charge in [-0.1, -0.05) is 6.07 Å². The van der Waals surface area contributed by atoms with E-state index in [1.54, 1.807) is 12.1 Å². The number of benzene rings is 1. The zero-order valence-electron chi connectivity index (χ0n) is 9.24. The number of hydrogen-bond acceptors (Lipinski definition) is 3. The predicted octanol–water partition coefficient (Wildman–Crippen LogP) is 0.518. The minimum absolute atomic E-state index is 0.171. The van der Waals surface area contributed by atoms with Gasteiger partial charge in [0.2, 0.25) is 10.0 Å². The molecule has 4 N–H and O–H groups in total. The zero-order chi connectivity index (χ0) is 12.3. The van der Waals surface area contributed by atoms with Crippen LogP contribution in [0.3, 0.4) is 0 Å². The molecule has 0 aliphatic carbocycles. The molecule has 0 radical (unpaired) electrons. The summed E-state index contributed by atoms with van der Waals surface area (Å²) in [7, 11) is -3.57. The lowest BCUT2D eigenvalue weighted by molar-refractivity contribution is 0.586. The summed E-state index contributed by atoms with van der Waals surface area (Å²) in [5.41, 5.74) is 7.03. The van der Waals surface area contributed by atoms with Crippen LogP contribution in [0.4, 0.5) is 0 Å². The fraction of sp³-hybridized carbons (Fsp3) is 0.300. The van der Waals surface area contributed by atoms with Gasteiger partial charge in [-0.05, 0) is 37.1 Å². The average Bonchev–Trinajstić information content (AvgIpc) is 2.19. The van der Waals surface area contributed by atoms with E-state index in [1.807, 2.05) is 13.8 Å². The lowest BCUT2D eigenvalue weighted by Gasteiger charge is -2.07. The van der Waals surface area contributed by atoms with Crippen molar-refractivity contribution in [1.82, 2.24) is 4.72 Å².